The van der Waals surface area contributed by atoms with Gasteiger partial charge in [0.1, 0.15) is 12.0 Å². The minimum atomic E-state index is 0.00908. The van der Waals surface area contributed by atoms with Gasteiger partial charge in [-0.1, -0.05) is 101 Å². The number of aromatic nitrogens is 1. The Kier molecular flexibility index (Phi) is 12.6. The highest BCUT2D eigenvalue weighted by atomic mass is 16.3. The fraction of sp³-hybridized carbons (Fsp3) is 0.556. The van der Waals surface area contributed by atoms with Gasteiger partial charge in [0.25, 0.3) is 5.89 Å². The Hall–Kier alpha value is -2.16. The number of hydrogen-bond acceptors (Lipinski definition) is 3. The molecule has 0 saturated carbocycles. The first-order valence-corrected chi connectivity index (χ1v) is 12.0. The summed E-state index contributed by atoms with van der Waals surface area (Å²) in [7, 11) is 0. The lowest BCUT2D eigenvalue weighted by atomic mass is 10.1. The second kappa shape index (κ2) is 15.6. The molecule has 0 fully saturated rings. The van der Waals surface area contributed by atoms with Crippen LogP contribution in [0.2, 0.25) is 0 Å². The number of hydrogen-bond donors (Lipinski definition) is 0. The molecular formula is C27H39NO2. The summed E-state index contributed by atoms with van der Waals surface area (Å²) in [6.07, 6.45) is 23.2. The Balaban J connectivity index is 1.45. The van der Waals surface area contributed by atoms with Crippen LogP contribution < -0.4 is 0 Å². The third-order valence-corrected chi connectivity index (χ3v) is 5.48. The van der Waals surface area contributed by atoms with Gasteiger partial charge in [-0.05, 0) is 32.1 Å². The van der Waals surface area contributed by atoms with E-state index in [1.807, 2.05) is 30.3 Å². The summed E-state index contributed by atoms with van der Waals surface area (Å²) in [5, 5.41) is 0. The molecule has 0 aliphatic heterocycles. The molecule has 0 amide bonds. The monoisotopic (exact) mass is 409 g/mol. The maximum Gasteiger partial charge on any atom is 0.263 e. The maximum atomic E-state index is 12.3. The number of carbonyl (C=O) groups is 1. The second-order valence-corrected chi connectivity index (χ2v) is 8.16. The molecule has 2 aromatic rings. The lowest BCUT2D eigenvalue weighted by molar-refractivity contribution is 0.0945. The number of rotatable bonds is 17. The summed E-state index contributed by atoms with van der Waals surface area (Å²) in [5.41, 5.74) is 1.70. The summed E-state index contributed by atoms with van der Waals surface area (Å²) in [5.74, 6) is 0.249. The highest BCUT2D eigenvalue weighted by Crippen LogP contribution is 2.19. The first-order valence-electron chi connectivity index (χ1n) is 12.0. The SMILES string of the molecule is CCCCCCCC/C=C\CCCCCCCC(=O)c1nc(-c2ccccc2)co1. The second-order valence-electron chi connectivity index (χ2n) is 8.16. The van der Waals surface area contributed by atoms with Crippen molar-refractivity contribution in [2.45, 2.75) is 96.8 Å². The van der Waals surface area contributed by atoms with Gasteiger partial charge < -0.3 is 4.42 Å². The van der Waals surface area contributed by atoms with Gasteiger partial charge in [-0.15, -0.1) is 0 Å². The van der Waals surface area contributed by atoms with E-state index in [-0.39, 0.29) is 11.7 Å². The van der Waals surface area contributed by atoms with Gasteiger partial charge in [0.05, 0.1) is 0 Å². The predicted octanol–water partition coefficient (Wildman–Crippen LogP) is 8.56. The van der Waals surface area contributed by atoms with E-state index in [1.54, 1.807) is 6.26 Å². The summed E-state index contributed by atoms with van der Waals surface area (Å²) >= 11 is 0. The van der Waals surface area contributed by atoms with Crippen molar-refractivity contribution in [2.75, 3.05) is 0 Å². The predicted molar refractivity (Wildman–Crippen MR) is 126 cm³/mol. The van der Waals surface area contributed by atoms with Gasteiger partial charge in [-0.3, -0.25) is 4.79 Å². The van der Waals surface area contributed by atoms with Gasteiger partial charge in [0, 0.05) is 12.0 Å². The fourth-order valence-corrected chi connectivity index (χ4v) is 3.61. The number of oxazole rings is 1. The normalized spacial score (nSPS) is 11.4. The van der Waals surface area contributed by atoms with Crippen molar-refractivity contribution in [3.8, 4) is 11.3 Å². The van der Waals surface area contributed by atoms with Crippen LogP contribution in [0.1, 0.15) is 108 Å². The molecule has 30 heavy (non-hydrogen) atoms. The molecule has 0 bridgehead atoms. The van der Waals surface area contributed by atoms with Gasteiger partial charge in [0.2, 0.25) is 5.78 Å². The minimum Gasteiger partial charge on any atom is -0.442 e. The van der Waals surface area contributed by atoms with Gasteiger partial charge in [-0.2, -0.15) is 0 Å². The minimum absolute atomic E-state index is 0.00908. The number of Topliss-reactive ketones (excluding diaryl/α,β-unsaturated/α-hetero) is 1. The van der Waals surface area contributed by atoms with Crippen LogP contribution in [0.3, 0.4) is 0 Å². The standard InChI is InChI=1S/C27H39NO2/c1-2-3-4-5-6-7-8-9-10-11-12-13-14-15-19-22-26(29)27-28-25(23-30-27)24-20-17-16-18-21-24/h9-10,16-18,20-21,23H,2-8,11-15,19,22H2,1H3/b10-9-. The molecule has 0 saturated heterocycles. The van der Waals surface area contributed by atoms with Crippen molar-refractivity contribution in [1.82, 2.24) is 4.98 Å². The first-order chi connectivity index (χ1) is 14.8. The molecule has 3 heteroatoms. The molecule has 0 radical (unpaired) electrons. The average molecular weight is 410 g/mol. The first kappa shape index (κ1) is 24.1. The number of nitrogens with zero attached hydrogens (tertiary/aromatic N) is 1. The zero-order chi connectivity index (χ0) is 21.3. The topological polar surface area (TPSA) is 43.1 Å². The Morgan fingerprint density at radius 2 is 1.43 bits per heavy atom. The van der Waals surface area contributed by atoms with E-state index < -0.39 is 0 Å². The van der Waals surface area contributed by atoms with Gasteiger partial charge in [0.15, 0.2) is 0 Å². The molecule has 1 heterocycles. The Labute approximate surface area is 183 Å². The molecule has 0 unspecified atom stereocenters. The summed E-state index contributed by atoms with van der Waals surface area (Å²) < 4.78 is 5.39. The van der Waals surface area contributed by atoms with E-state index in [4.69, 9.17) is 4.42 Å². The largest absolute Gasteiger partial charge is 0.442 e. The highest BCUT2D eigenvalue weighted by Gasteiger charge is 2.13. The number of ketones is 1. The maximum absolute atomic E-state index is 12.3. The van der Waals surface area contributed by atoms with Crippen molar-refractivity contribution >= 4 is 5.78 Å². The van der Waals surface area contributed by atoms with Crippen LogP contribution in [-0.4, -0.2) is 10.8 Å². The lowest BCUT2D eigenvalue weighted by Crippen LogP contribution is -1.99. The summed E-state index contributed by atoms with van der Waals surface area (Å²) in [6.45, 7) is 2.27. The molecular weight excluding hydrogens is 370 g/mol. The van der Waals surface area contributed by atoms with Crippen LogP contribution in [0, 0.1) is 0 Å². The molecule has 2 rings (SSSR count). The molecule has 0 spiro atoms. The van der Waals surface area contributed by atoms with E-state index in [0.717, 1.165) is 24.1 Å². The molecule has 0 N–H and O–H groups in total. The number of benzene rings is 1. The van der Waals surface area contributed by atoms with Crippen LogP contribution in [-0.2, 0) is 0 Å². The van der Waals surface area contributed by atoms with Crippen LogP contribution in [0.4, 0.5) is 0 Å². The van der Waals surface area contributed by atoms with E-state index in [9.17, 15) is 4.79 Å². The van der Waals surface area contributed by atoms with Crippen LogP contribution >= 0.6 is 0 Å². The van der Waals surface area contributed by atoms with Crippen molar-refractivity contribution in [3.63, 3.8) is 0 Å². The molecule has 1 aromatic carbocycles. The quantitative estimate of drug-likeness (QED) is 0.149. The van der Waals surface area contributed by atoms with Crippen molar-refractivity contribution in [3.05, 3.63) is 54.6 Å². The third-order valence-electron chi connectivity index (χ3n) is 5.48. The summed E-state index contributed by atoms with van der Waals surface area (Å²) in [4.78, 5) is 16.6. The zero-order valence-corrected chi connectivity index (χ0v) is 18.8. The van der Waals surface area contributed by atoms with E-state index in [2.05, 4.69) is 24.1 Å². The lowest BCUT2D eigenvalue weighted by Gasteiger charge is -2.00. The fourth-order valence-electron chi connectivity index (χ4n) is 3.61. The number of allylic oxidation sites excluding steroid dienone is 2. The van der Waals surface area contributed by atoms with Gasteiger partial charge >= 0.3 is 0 Å². The van der Waals surface area contributed by atoms with Crippen molar-refractivity contribution in [1.29, 1.82) is 0 Å². The molecule has 0 aliphatic rings. The molecule has 164 valence electrons. The highest BCUT2D eigenvalue weighted by molar-refractivity contribution is 5.92. The van der Waals surface area contributed by atoms with Gasteiger partial charge in [-0.25, -0.2) is 4.98 Å². The number of carbonyl (C=O) groups excluding carboxylic acids is 1. The average Bonchev–Trinajstić information content (AvgIpc) is 3.27. The number of unbranched alkanes of at least 4 members (excludes halogenated alkanes) is 11. The molecule has 1 aromatic heterocycles. The zero-order valence-electron chi connectivity index (χ0n) is 18.8. The van der Waals surface area contributed by atoms with Crippen LogP contribution in [0.25, 0.3) is 11.3 Å². The Bertz CT molecular complexity index is 717. The van der Waals surface area contributed by atoms with Crippen LogP contribution in [0.5, 0.6) is 0 Å². The van der Waals surface area contributed by atoms with Crippen molar-refractivity contribution in [2.24, 2.45) is 0 Å². The van der Waals surface area contributed by atoms with E-state index in [1.165, 1.54) is 70.6 Å². The Morgan fingerprint density at radius 1 is 0.833 bits per heavy atom. The molecule has 0 aliphatic carbocycles. The van der Waals surface area contributed by atoms with Crippen LogP contribution in [0.15, 0.2) is 53.2 Å². The smallest absolute Gasteiger partial charge is 0.263 e. The molecule has 3 nitrogen and oxygen atoms in total. The summed E-state index contributed by atoms with van der Waals surface area (Å²) in [6, 6.07) is 9.81. The molecule has 0 atom stereocenters. The van der Waals surface area contributed by atoms with Crippen molar-refractivity contribution < 1.29 is 9.21 Å². The van der Waals surface area contributed by atoms with E-state index >= 15 is 0 Å². The van der Waals surface area contributed by atoms with E-state index in [0.29, 0.717) is 6.42 Å². The Morgan fingerprint density at radius 3 is 2.10 bits per heavy atom. The third kappa shape index (κ3) is 10.0.